The summed E-state index contributed by atoms with van der Waals surface area (Å²) in [6.07, 6.45) is 1.92. The van der Waals surface area contributed by atoms with Gasteiger partial charge in [0.25, 0.3) is 0 Å². The molecule has 1 aliphatic rings. The van der Waals surface area contributed by atoms with E-state index in [1.807, 2.05) is 30.3 Å². The van der Waals surface area contributed by atoms with Gasteiger partial charge in [0.1, 0.15) is 17.6 Å². The van der Waals surface area contributed by atoms with E-state index in [1.54, 1.807) is 19.2 Å². The first-order chi connectivity index (χ1) is 10.2. The lowest BCUT2D eigenvalue weighted by Crippen LogP contribution is -2.01. The maximum atomic E-state index is 10.4. The first kappa shape index (κ1) is 14.2. The van der Waals surface area contributed by atoms with Crippen LogP contribution in [0.5, 0.6) is 11.5 Å². The van der Waals surface area contributed by atoms with Crippen molar-refractivity contribution in [3.63, 3.8) is 0 Å². The molecule has 0 radical (unpaired) electrons. The van der Waals surface area contributed by atoms with Crippen LogP contribution in [0.1, 0.15) is 30.1 Å². The molecule has 2 aromatic carbocycles. The van der Waals surface area contributed by atoms with Gasteiger partial charge in [-0.05, 0) is 48.2 Å². The van der Waals surface area contributed by atoms with Crippen LogP contribution in [0, 0.1) is 0 Å². The van der Waals surface area contributed by atoms with Crippen LogP contribution in [0.15, 0.2) is 42.5 Å². The molecule has 0 spiro atoms. The van der Waals surface area contributed by atoms with E-state index in [0.29, 0.717) is 16.9 Å². The predicted octanol–water partition coefficient (Wildman–Crippen LogP) is 3.97. The number of aliphatic hydroxyl groups excluding tert-OH is 1. The Balaban J connectivity index is 1.77. The maximum Gasteiger partial charge on any atom is 0.137 e. The number of ether oxygens (including phenoxy) is 2. The van der Waals surface area contributed by atoms with Crippen LogP contribution in [-0.2, 0) is 0 Å². The second-order valence-electron chi connectivity index (χ2n) is 5.18. The van der Waals surface area contributed by atoms with Gasteiger partial charge in [0.2, 0.25) is 0 Å². The zero-order valence-electron chi connectivity index (χ0n) is 11.8. The fourth-order valence-electron chi connectivity index (χ4n) is 2.15. The van der Waals surface area contributed by atoms with Gasteiger partial charge in [0, 0.05) is 0 Å². The second kappa shape index (κ2) is 5.96. The molecule has 3 nitrogen and oxygen atoms in total. The summed E-state index contributed by atoms with van der Waals surface area (Å²) in [4.78, 5) is 0. The average Bonchev–Trinajstić information content (AvgIpc) is 3.31. The summed E-state index contributed by atoms with van der Waals surface area (Å²) in [6.45, 7) is 0. The van der Waals surface area contributed by atoms with E-state index in [0.717, 1.165) is 29.7 Å². The van der Waals surface area contributed by atoms with Crippen molar-refractivity contribution in [3.8, 4) is 11.5 Å². The smallest absolute Gasteiger partial charge is 0.137 e. The van der Waals surface area contributed by atoms with Gasteiger partial charge >= 0.3 is 0 Å². The van der Waals surface area contributed by atoms with Crippen molar-refractivity contribution in [1.29, 1.82) is 0 Å². The third-order valence-corrected chi connectivity index (χ3v) is 3.81. The van der Waals surface area contributed by atoms with Gasteiger partial charge in [0.05, 0.1) is 18.2 Å². The molecule has 21 heavy (non-hydrogen) atoms. The van der Waals surface area contributed by atoms with Crippen molar-refractivity contribution in [3.05, 3.63) is 58.6 Å². The Morgan fingerprint density at radius 1 is 1.10 bits per heavy atom. The molecule has 0 bridgehead atoms. The molecule has 2 aromatic rings. The van der Waals surface area contributed by atoms with Crippen LogP contribution in [0.25, 0.3) is 0 Å². The molecule has 0 saturated heterocycles. The SMILES string of the molecule is COc1ccc(C(O)c2ccc(OC3CC3)cc2)cc1Cl. The maximum absolute atomic E-state index is 10.4. The summed E-state index contributed by atoms with van der Waals surface area (Å²) in [6, 6.07) is 12.8. The highest BCUT2D eigenvalue weighted by molar-refractivity contribution is 6.32. The molecule has 0 heterocycles. The monoisotopic (exact) mass is 304 g/mol. The van der Waals surface area contributed by atoms with E-state index in [-0.39, 0.29) is 0 Å². The number of halogens is 1. The Morgan fingerprint density at radius 2 is 1.76 bits per heavy atom. The standard InChI is InChI=1S/C17H17ClO3/c1-20-16-9-4-12(10-15(16)18)17(19)11-2-5-13(6-3-11)21-14-7-8-14/h2-6,9-10,14,17,19H,7-8H2,1H3. The molecule has 1 atom stereocenters. The minimum atomic E-state index is -0.719. The third kappa shape index (κ3) is 3.31. The van der Waals surface area contributed by atoms with Gasteiger partial charge in [-0.15, -0.1) is 0 Å². The van der Waals surface area contributed by atoms with Crippen molar-refractivity contribution in [2.45, 2.75) is 25.0 Å². The first-order valence-corrected chi connectivity index (χ1v) is 7.33. The summed E-state index contributed by atoms with van der Waals surface area (Å²) in [5, 5.41) is 10.9. The third-order valence-electron chi connectivity index (χ3n) is 3.51. The lowest BCUT2D eigenvalue weighted by atomic mass is 10.0. The van der Waals surface area contributed by atoms with Crippen LogP contribution in [0.3, 0.4) is 0 Å². The molecular weight excluding hydrogens is 288 g/mol. The van der Waals surface area contributed by atoms with Gasteiger partial charge in [-0.3, -0.25) is 0 Å². The van der Waals surface area contributed by atoms with Crippen molar-refractivity contribution in [2.75, 3.05) is 7.11 Å². The molecule has 4 heteroatoms. The Labute approximate surface area is 129 Å². The lowest BCUT2D eigenvalue weighted by molar-refractivity contribution is 0.220. The number of rotatable bonds is 5. The number of hydrogen-bond acceptors (Lipinski definition) is 3. The Kier molecular flexibility index (Phi) is 4.04. The average molecular weight is 305 g/mol. The van der Waals surface area contributed by atoms with E-state index >= 15 is 0 Å². The van der Waals surface area contributed by atoms with Crippen molar-refractivity contribution in [2.24, 2.45) is 0 Å². The molecule has 0 amide bonds. The normalized spacial score (nSPS) is 15.6. The molecule has 1 saturated carbocycles. The van der Waals surface area contributed by atoms with Gasteiger partial charge in [-0.2, -0.15) is 0 Å². The van der Waals surface area contributed by atoms with E-state index in [4.69, 9.17) is 21.1 Å². The molecule has 1 N–H and O–H groups in total. The summed E-state index contributed by atoms with van der Waals surface area (Å²) in [7, 11) is 1.57. The molecule has 1 aliphatic carbocycles. The summed E-state index contributed by atoms with van der Waals surface area (Å²) in [5.41, 5.74) is 1.54. The van der Waals surface area contributed by atoms with E-state index in [9.17, 15) is 5.11 Å². The highest BCUT2D eigenvalue weighted by Crippen LogP contribution is 2.32. The minimum absolute atomic E-state index is 0.376. The number of methoxy groups -OCH3 is 1. The highest BCUT2D eigenvalue weighted by Gasteiger charge is 2.23. The van der Waals surface area contributed by atoms with Gasteiger partial charge in [0.15, 0.2) is 0 Å². The van der Waals surface area contributed by atoms with Gasteiger partial charge < -0.3 is 14.6 Å². The fraction of sp³-hybridized carbons (Fsp3) is 0.294. The van der Waals surface area contributed by atoms with Crippen molar-refractivity contribution < 1.29 is 14.6 Å². The van der Waals surface area contributed by atoms with Gasteiger partial charge in [-0.25, -0.2) is 0 Å². The van der Waals surface area contributed by atoms with Gasteiger partial charge in [-0.1, -0.05) is 29.8 Å². The van der Waals surface area contributed by atoms with E-state index < -0.39 is 6.10 Å². The highest BCUT2D eigenvalue weighted by atomic mass is 35.5. The van der Waals surface area contributed by atoms with Crippen molar-refractivity contribution >= 4 is 11.6 Å². The Bertz CT molecular complexity index is 620. The lowest BCUT2D eigenvalue weighted by Gasteiger charge is -2.14. The van der Waals surface area contributed by atoms with Crippen molar-refractivity contribution in [1.82, 2.24) is 0 Å². The summed E-state index contributed by atoms with van der Waals surface area (Å²) < 4.78 is 10.8. The Morgan fingerprint density at radius 3 is 2.33 bits per heavy atom. The molecule has 110 valence electrons. The predicted molar refractivity (Wildman–Crippen MR) is 82.2 cm³/mol. The summed E-state index contributed by atoms with van der Waals surface area (Å²) >= 11 is 6.09. The zero-order valence-corrected chi connectivity index (χ0v) is 12.5. The molecule has 0 aliphatic heterocycles. The molecule has 1 fully saturated rings. The van der Waals surface area contributed by atoms with Crippen LogP contribution in [-0.4, -0.2) is 18.3 Å². The second-order valence-corrected chi connectivity index (χ2v) is 5.59. The van der Waals surface area contributed by atoms with E-state index in [2.05, 4.69) is 0 Å². The molecule has 0 aromatic heterocycles. The Hall–Kier alpha value is -1.71. The minimum Gasteiger partial charge on any atom is -0.495 e. The van der Waals surface area contributed by atoms with Crippen LogP contribution in [0.4, 0.5) is 0 Å². The fourth-order valence-corrected chi connectivity index (χ4v) is 2.42. The zero-order chi connectivity index (χ0) is 14.8. The van der Waals surface area contributed by atoms with E-state index in [1.165, 1.54) is 0 Å². The quantitative estimate of drug-likeness (QED) is 0.908. The number of hydrogen-bond donors (Lipinski definition) is 1. The largest absolute Gasteiger partial charge is 0.495 e. The number of benzene rings is 2. The molecule has 1 unspecified atom stereocenters. The summed E-state index contributed by atoms with van der Waals surface area (Å²) in [5.74, 6) is 1.45. The van der Waals surface area contributed by atoms with Crippen LogP contribution >= 0.6 is 11.6 Å². The molecule has 3 rings (SSSR count). The topological polar surface area (TPSA) is 38.7 Å². The van der Waals surface area contributed by atoms with Crippen LogP contribution < -0.4 is 9.47 Å². The number of aliphatic hydroxyl groups is 1. The molecular formula is C17H17ClO3. The van der Waals surface area contributed by atoms with Crippen LogP contribution in [0.2, 0.25) is 5.02 Å². The first-order valence-electron chi connectivity index (χ1n) is 6.95.